The monoisotopic (exact) mass is 276 g/mol. The molecule has 0 aromatic carbocycles. The number of aromatic nitrogens is 5. The number of imidazole rings is 1. The lowest BCUT2D eigenvalue weighted by Crippen LogP contribution is -1.94. The van der Waals surface area contributed by atoms with Gasteiger partial charge in [-0.2, -0.15) is 5.10 Å². The van der Waals surface area contributed by atoms with Gasteiger partial charge >= 0.3 is 0 Å². The molecular weight excluding hydrogens is 264 g/mol. The minimum Gasteiger partial charge on any atom is -0.384 e. The average molecular weight is 276 g/mol. The molecular formula is C15H12N6. The van der Waals surface area contributed by atoms with Crippen LogP contribution in [-0.4, -0.2) is 24.6 Å². The van der Waals surface area contributed by atoms with E-state index in [0.717, 1.165) is 28.2 Å². The van der Waals surface area contributed by atoms with E-state index < -0.39 is 0 Å². The van der Waals surface area contributed by atoms with E-state index in [-0.39, 0.29) is 0 Å². The molecule has 0 spiro atoms. The van der Waals surface area contributed by atoms with E-state index in [0.29, 0.717) is 5.82 Å². The molecule has 0 saturated heterocycles. The van der Waals surface area contributed by atoms with E-state index in [4.69, 9.17) is 5.73 Å². The lowest BCUT2D eigenvalue weighted by Gasteiger charge is -2.04. The molecule has 0 saturated carbocycles. The van der Waals surface area contributed by atoms with Crippen LogP contribution in [0.5, 0.6) is 0 Å². The number of rotatable bonds is 2. The van der Waals surface area contributed by atoms with Crippen LogP contribution in [0.3, 0.4) is 0 Å². The topological polar surface area (TPSA) is 84.9 Å². The Morgan fingerprint density at radius 1 is 1.05 bits per heavy atom. The molecule has 0 aliphatic heterocycles. The molecule has 21 heavy (non-hydrogen) atoms. The largest absolute Gasteiger partial charge is 0.384 e. The zero-order valence-electron chi connectivity index (χ0n) is 11.1. The van der Waals surface area contributed by atoms with Crippen molar-refractivity contribution in [1.82, 2.24) is 24.6 Å². The maximum atomic E-state index is 5.76. The molecule has 0 radical (unpaired) electrons. The molecule has 0 aliphatic carbocycles. The highest BCUT2D eigenvalue weighted by Crippen LogP contribution is 2.24. The summed E-state index contributed by atoms with van der Waals surface area (Å²) in [6.07, 6.45) is 7.47. The Bertz CT molecular complexity index is 907. The molecule has 0 bridgehead atoms. The summed E-state index contributed by atoms with van der Waals surface area (Å²) in [5.41, 5.74) is 10.4. The number of pyridine rings is 2. The molecule has 102 valence electrons. The van der Waals surface area contributed by atoms with Crippen LogP contribution in [-0.2, 0) is 0 Å². The fourth-order valence-electron chi connectivity index (χ4n) is 2.34. The number of nitrogens with zero attached hydrogens (tertiary/aromatic N) is 4. The summed E-state index contributed by atoms with van der Waals surface area (Å²) < 4.78 is 2.00. The standard InChI is InChI=1S/C15H12N6/c16-14-3-1-2-12(20-14)13-8-17-15-5-4-10(9-21(13)15)11-6-18-19-7-11/h1-9H,(H2,16,20)(H,18,19). The molecule has 0 atom stereocenters. The zero-order valence-corrected chi connectivity index (χ0v) is 11.1. The maximum absolute atomic E-state index is 5.76. The van der Waals surface area contributed by atoms with Crippen LogP contribution < -0.4 is 5.73 Å². The quantitative estimate of drug-likeness (QED) is 0.588. The number of anilines is 1. The SMILES string of the molecule is Nc1cccc(-c2cnc3ccc(-c4cn[nH]c4)cn23)n1. The third kappa shape index (κ3) is 1.93. The first-order valence-electron chi connectivity index (χ1n) is 6.50. The smallest absolute Gasteiger partial charge is 0.137 e. The highest BCUT2D eigenvalue weighted by molar-refractivity contribution is 5.67. The minimum atomic E-state index is 0.494. The van der Waals surface area contributed by atoms with Crippen LogP contribution in [0.15, 0.2) is 55.1 Å². The molecule has 0 amide bonds. The summed E-state index contributed by atoms with van der Waals surface area (Å²) in [6.45, 7) is 0. The van der Waals surface area contributed by atoms with Gasteiger partial charge in [-0.1, -0.05) is 6.07 Å². The van der Waals surface area contributed by atoms with Gasteiger partial charge in [-0.05, 0) is 24.3 Å². The Labute approximate surface area is 120 Å². The van der Waals surface area contributed by atoms with E-state index in [9.17, 15) is 0 Å². The maximum Gasteiger partial charge on any atom is 0.137 e. The van der Waals surface area contributed by atoms with Crippen molar-refractivity contribution in [3.05, 3.63) is 55.1 Å². The van der Waals surface area contributed by atoms with Crippen molar-refractivity contribution >= 4 is 11.5 Å². The van der Waals surface area contributed by atoms with Crippen LogP contribution in [0.4, 0.5) is 5.82 Å². The van der Waals surface area contributed by atoms with Crippen LogP contribution in [0.2, 0.25) is 0 Å². The lowest BCUT2D eigenvalue weighted by atomic mass is 10.1. The van der Waals surface area contributed by atoms with Crippen molar-refractivity contribution in [3.63, 3.8) is 0 Å². The highest BCUT2D eigenvalue weighted by Gasteiger charge is 2.09. The molecule has 6 heteroatoms. The van der Waals surface area contributed by atoms with Crippen molar-refractivity contribution in [1.29, 1.82) is 0 Å². The van der Waals surface area contributed by atoms with Crippen molar-refractivity contribution in [2.24, 2.45) is 0 Å². The first-order valence-corrected chi connectivity index (χ1v) is 6.50. The third-order valence-corrected chi connectivity index (χ3v) is 3.37. The summed E-state index contributed by atoms with van der Waals surface area (Å²) in [6, 6.07) is 9.56. The Kier molecular flexibility index (Phi) is 2.47. The van der Waals surface area contributed by atoms with Crippen LogP contribution in [0, 0.1) is 0 Å². The number of H-pyrrole nitrogens is 1. The predicted octanol–water partition coefficient (Wildman–Crippen LogP) is 2.37. The molecule has 3 N–H and O–H groups in total. The number of hydrogen-bond donors (Lipinski definition) is 2. The summed E-state index contributed by atoms with van der Waals surface area (Å²) in [5, 5.41) is 6.80. The van der Waals surface area contributed by atoms with Crippen LogP contribution in [0.25, 0.3) is 28.2 Å². The summed E-state index contributed by atoms with van der Waals surface area (Å²) in [7, 11) is 0. The lowest BCUT2D eigenvalue weighted by molar-refractivity contribution is 1.09. The van der Waals surface area contributed by atoms with Crippen molar-refractivity contribution in [3.8, 4) is 22.5 Å². The van der Waals surface area contributed by atoms with E-state index in [1.54, 1.807) is 18.5 Å². The van der Waals surface area contributed by atoms with E-state index >= 15 is 0 Å². The second-order valence-electron chi connectivity index (χ2n) is 4.72. The van der Waals surface area contributed by atoms with Gasteiger partial charge in [0.2, 0.25) is 0 Å². The first-order chi connectivity index (χ1) is 10.3. The molecule has 4 heterocycles. The van der Waals surface area contributed by atoms with Gasteiger partial charge in [0.05, 0.1) is 23.8 Å². The van der Waals surface area contributed by atoms with Crippen molar-refractivity contribution < 1.29 is 0 Å². The number of nitrogens with one attached hydrogen (secondary N) is 1. The van der Waals surface area contributed by atoms with Crippen molar-refractivity contribution in [2.45, 2.75) is 0 Å². The van der Waals surface area contributed by atoms with Gasteiger partial charge in [-0.15, -0.1) is 0 Å². The Hall–Kier alpha value is -3.15. The second kappa shape index (κ2) is 4.45. The average Bonchev–Trinajstić information content (AvgIpc) is 3.16. The van der Waals surface area contributed by atoms with E-state index in [1.165, 1.54) is 0 Å². The highest BCUT2D eigenvalue weighted by atomic mass is 15.1. The van der Waals surface area contributed by atoms with Gasteiger partial charge in [0.15, 0.2) is 0 Å². The number of hydrogen-bond acceptors (Lipinski definition) is 4. The van der Waals surface area contributed by atoms with Crippen LogP contribution in [0.1, 0.15) is 0 Å². The fraction of sp³-hybridized carbons (Fsp3) is 0. The van der Waals surface area contributed by atoms with Gasteiger partial charge in [-0.25, -0.2) is 9.97 Å². The summed E-state index contributed by atoms with van der Waals surface area (Å²) in [5.74, 6) is 0.494. The molecule has 0 fully saturated rings. The molecule has 0 aliphatic rings. The summed E-state index contributed by atoms with van der Waals surface area (Å²) >= 11 is 0. The molecule has 0 unspecified atom stereocenters. The van der Waals surface area contributed by atoms with Crippen LogP contribution >= 0.6 is 0 Å². The normalized spacial score (nSPS) is 11.0. The molecule has 4 rings (SSSR count). The minimum absolute atomic E-state index is 0.494. The predicted molar refractivity (Wildman–Crippen MR) is 80.4 cm³/mol. The molecule has 6 nitrogen and oxygen atoms in total. The van der Waals surface area contributed by atoms with Gasteiger partial charge in [0, 0.05) is 23.5 Å². The first kappa shape index (κ1) is 11.7. The number of fused-ring (bicyclic) bond motifs is 1. The number of nitrogen functional groups attached to an aromatic ring is 1. The molecule has 4 aromatic heterocycles. The van der Waals surface area contributed by atoms with Gasteiger partial charge in [-0.3, -0.25) is 9.50 Å². The summed E-state index contributed by atoms with van der Waals surface area (Å²) in [4.78, 5) is 8.76. The Morgan fingerprint density at radius 2 is 2.00 bits per heavy atom. The van der Waals surface area contributed by atoms with Gasteiger partial charge in [0.1, 0.15) is 11.5 Å². The van der Waals surface area contributed by atoms with E-state index in [2.05, 4.69) is 20.2 Å². The van der Waals surface area contributed by atoms with Gasteiger partial charge < -0.3 is 5.73 Å². The second-order valence-corrected chi connectivity index (χ2v) is 4.72. The molecule has 4 aromatic rings. The Morgan fingerprint density at radius 3 is 2.81 bits per heavy atom. The number of nitrogens with two attached hydrogens (primary N) is 1. The van der Waals surface area contributed by atoms with E-state index in [1.807, 2.05) is 41.1 Å². The Balaban J connectivity index is 1.92. The van der Waals surface area contributed by atoms with Gasteiger partial charge in [0.25, 0.3) is 0 Å². The number of aromatic amines is 1. The van der Waals surface area contributed by atoms with Crippen molar-refractivity contribution in [2.75, 3.05) is 5.73 Å². The zero-order chi connectivity index (χ0) is 14.2. The third-order valence-electron chi connectivity index (χ3n) is 3.37. The fourth-order valence-corrected chi connectivity index (χ4v) is 2.34.